The Balaban J connectivity index is 2.79. The number of rotatable bonds is 2. The smallest absolute Gasteiger partial charge is 0.250 e. The molecule has 0 saturated heterocycles. The van der Waals surface area contributed by atoms with Crippen LogP contribution < -0.4 is 4.74 Å². The summed E-state index contributed by atoms with van der Waals surface area (Å²) in [5.41, 5.74) is 0.982. The molecule has 80 valence electrons. The average molecular weight is 211 g/mol. The minimum atomic E-state index is -0.180. The lowest BCUT2D eigenvalue weighted by atomic mass is 9.99. The first-order chi connectivity index (χ1) is 7.77. The third-order valence-electron chi connectivity index (χ3n) is 2.76. The minimum absolute atomic E-state index is 0.180. The molecule has 0 heterocycles. The lowest BCUT2D eigenvalue weighted by molar-refractivity contribution is 0.409. The van der Waals surface area contributed by atoms with Crippen LogP contribution in [0.3, 0.4) is 0 Å². The van der Waals surface area contributed by atoms with Gasteiger partial charge in [-0.15, -0.1) is 0 Å². The Morgan fingerprint density at radius 1 is 1.19 bits per heavy atom. The number of ether oxygens (including phenoxy) is 1. The highest BCUT2D eigenvalue weighted by molar-refractivity contribution is 5.88. The van der Waals surface area contributed by atoms with Crippen LogP contribution in [0.2, 0.25) is 0 Å². The summed E-state index contributed by atoms with van der Waals surface area (Å²) in [4.78, 5) is 3.59. The molecule has 2 nitrogen and oxygen atoms in total. The van der Waals surface area contributed by atoms with E-state index < -0.39 is 0 Å². The van der Waals surface area contributed by atoms with Crippen LogP contribution in [0.5, 0.6) is 5.75 Å². The first-order valence-corrected chi connectivity index (χ1v) is 5.20. The molecule has 2 aromatic carbocycles. The predicted molar refractivity (Wildman–Crippen MR) is 65.5 cm³/mol. The second kappa shape index (κ2) is 4.24. The lowest BCUT2D eigenvalue weighted by Crippen LogP contribution is -1.95. The highest BCUT2D eigenvalue weighted by Crippen LogP contribution is 2.34. The van der Waals surface area contributed by atoms with E-state index in [9.17, 15) is 0 Å². The Kier molecular flexibility index (Phi) is 2.78. The predicted octanol–water partition coefficient (Wildman–Crippen LogP) is 3.83. The molecule has 0 bridgehead atoms. The van der Waals surface area contributed by atoms with Crippen molar-refractivity contribution in [1.82, 2.24) is 0 Å². The molecule has 0 aromatic heterocycles. The van der Waals surface area contributed by atoms with Gasteiger partial charge in [-0.3, -0.25) is 0 Å². The third kappa shape index (κ3) is 1.61. The average Bonchev–Trinajstić information content (AvgIpc) is 2.36. The van der Waals surface area contributed by atoms with Crippen molar-refractivity contribution in [1.29, 1.82) is 0 Å². The zero-order valence-corrected chi connectivity index (χ0v) is 9.40. The standard InChI is InChI=1S/C14H13NO/c1-10(15-2)14-12-7-5-4-6-11(12)8-9-13(14)16-3/h4-10H,1,3H3. The highest BCUT2D eigenvalue weighted by Gasteiger charge is 2.18. The number of nitrogens with zero attached hydrogens (tertiary/aromatic N) is 1. The molecule has 16 heavy (non-hydrogen) atoms. The molecule has 2 heteroatoms. The summed E-state index contributed by atoms with van der Waals surface area (Å²) in [5.74, 6) is 0.794. The van der Waals surface area contributed by atoms with E-state index in [1.54, 1.807) is 7.11 Å². The van der Waals surface area contributed by atoms with Gasteiger partial charge in [0.25, 0.3) is 0 Å². The highest BCUT2D eigenvalue weighted by atomic mass is 16.5. The van der Waals surface area contributed by atoms with Gasteiger partial charge >= 0.3 is 0 Å². The Morgan fingerprint density at radius 2 is 1.94 bits per heavy atom. The summed E-state index contributed by atoms with van der Waals surface area (Å²) in [6.07, 6.45) is 0. The SMILES string of the molecule is [C-]#[N+]C(C)c1c(OC)ccc2ccccc12. The summed E-state index contributed by atoms with van der Waals surface area (Å²) >= 11 is 0. The fraction of sp³-hybridized carbons (Fsp3) is 0.214. The van der Waals surface area contributed by atoms with Crippen LogP contribution in [0.25, 0.3) is 15.6 Å². The van der Waals surface area contributed by atoms with E-state index in [-0.39, 0.29) is 6.04 Å². The Bertz CT molecular complexity index is 554. The second-order valence-electron chi connectivity index (χ2n) is 3.71. The molecule has 1 atom stereocenters. The van der Waals surface area contributed by atoms with E-state index in [1.807, 2.05) is 37.3 Å². The normalized spacial score (nSPS) is 12.1. The van der Waals surface area contributed by atoms with Gasteiger partial charge in [-0.25, -0.2) is 6.57 Å². The summed E-state index contributed by atoms with van der Waals surface area (Å²) in [5, 5.41) is 2.25. The molecule has 0 spiro atoms. The molecule has 2 aromatic rings. The van der Waals surface area contributed by atoms with Crippen molar-refractivity contribution in [3.8, 4) is 5.75 Å². The molecule has 0 N–H and O–H groups in total. The first-order valence-electron chi connectivity index (χ1n) is 5.20. The lowest BCUT2D eigenvalue weighted by Gasteiger charge is -2.11. The summed E-state index contributed by atoms with van der Waals surface area (Å²) in [6.45, 7) is 9.06. The molecule has 0 aliphatic carbocycles. The van der Waals surface area contributed by atoms with Gasteiger partial charge in [0.05, 0.1) is 12.7 Å². The molecular formula is C14H13NO. The topological polar surface area (TPSA) is 13.6 Å². The van der Waals surface area contributed by atoms with Gasteiger partial charge in [0.15, 0.2) is 0 Å². The van der Waals surface area contributed by atoms with Gasteiger partial charge in [-0.2, -0.15) is 0 Å². The number of hydrogen-bond donors (Lipinski definition) is 0. The van der Waals surface area contributed by atoms with Crippen LogP contribution in [0, 0.1) is 6.57 Å². The number of methoxy groups -OCH3 is 1. The van der Waals surface area contributed by atoms with Crippen molar-refractivity contribution in [3.63, 3.8) is 0 Å². The van der Waals surface area contributed by atoms with Crippen LogP contribution in [0.4, 0.5) is 0 Å². The van der Waals surface area contributed by atoms with Gasteiger partial charge in [0, 0.05) is 6.92 Å². The molecule has 0 saturated carbocycles. The van der Waals surface area contributed by atoms with Gasteiger partial charge in [-0.1, -0.05) is 30.3 Å². The number of benzene rings is 2. The van der Waals surface area contributed by atoms with Crippen LogP contribution in [0.1, 0.15) is 18.5 Å². The van der Waals surface area contributed by atoms with Crippen molar-refractivity contribution >= 4 is 10.8 Å². The summed E-state index contributed by atoms with van der Waals surface area (Å²) < 4.78 is 5.33. The second-order valence-corrected chi connectivity index (χ2v) is 3.71. The van der Waals surface area contributed by atoms with Crippen LogP contribution in [-0.2, 0) is 0 Å². The minimum Gasteiger partial charge on any atom is -0.496 e. The molecule has 1 unspecified atom stereocenters. The fourth-order valence-electron chi connectivity index (χ4n) is 1.95. The van der Waals surface area contributed by atoms with E-state index in [2.05, 4.69) is 10.9 Å². The largest absolute Gasteiger partial charge is 0.496 e. The maximum atomic E-state index is 7.16. The van der Waals surface area contributed by atoms with Crippen molar-refractivity contribution in [2.24, 2.45) is 0 Å². The molecule has 0 radical (unpaired) electrons. The van der Waals surface area contributed by atoms with Crippen molar-refractivity contribution in [3.05, 3.63) is 53.4 Å². The van der Waals surface area contributed by atoms with E-state index in [1.165, 1.54) is 0 Å². The van der Waals surface area contributed by atoms with Crippen LogP contribution >= 0.6 is 0 Å². The third-order valence-corrected chi connectivity index (χ3v) is 2.76. The monoisotopic (exact) mass is 211 g/mol. The molecule has 0 fully saturated rings. The molecule has 0 aliphatic heterocycles. The Labute approximate surface area is 95.3 Å². The molecular weight excluding hydrogens is 198 g/mol. The maximum absolute atomic E-state index is 7.16. The van der Waals surface area contributed by atoms with Gasteiger partial charge in [0.2, 0.25) is 6.04 Å². The summed E-state index contributed by atoms with van der Waals surface area (Å²) in [7, 11) is 1.64. The Hall–Kier alpha value is -2.01. The first kappa shape index (κ1) is 10.5. The van der Waals surface area contributed by atoms with Crippen molar-refractivity contribution in [2.75, 3.05) is 7.11 Å². The van der Waals surface area contributed by atoms with Crippen LogP contribution in [-0.4, -0.2) is 7.11 Å². The Morgan fingerprint density at radius 3 is 2.62 bits per heavy atom. The quantitative estimate of drug-likeness (QED) is 0.688. The van der Waals surface area contributed by atoms with E-state index in [0.717, 1.165) is 22.1 Å². The van der Waals surface area contributed by atoms with E-state index in [0.29, 0.717) is 0 Å². The fourth-order valence-corrected chi connectivity index (χ4v) is 1.95. The number of fused-ring (bicyclic) bond motifs is 1. The maximum Gasteiger partial charge on any atom is 0.250 e. The van der Waals surface area contributed by atoms with Gasteiger partial charge in [-0.05, 0) is 16.8 Å². The molecule has 0 amide bonds. The zero-order valence-electron chi connectivity index (χ0n) is 9.40. The van der Waals surface area contributed by atoms with Gasteiger partial charge < -0.3 is 9.58 Å². The molecule has 0 aliphatic rings. The zero-order chi connectivity index (χ0) is 11.5. The van der Waals surface area contributed by atoms with Crippen molar-refractivity contribution < 1.29 is 4.74 Å². The van der Waals surface area contributed by atoms with Crippen molar-refractivity contribution in [2.45, 2.75) is 13.0 Å². The summed E-state index contributed by atoms with van der Waals surface area (Å²) in [6, 6.07) is 11.8. The van der Waals surface area contributed by atoms with E-state index >= 15 is 0 Å². The van der Waals surface area contributed by atoms with Gasteiger partial charge in [0.1, 0.15) is 5.75 Å². The van der Waals surface area contributed by atoms with Crippen LogP contribution in [0.15, 0.2) is 36.4 Å². The van der Waals surface area contributed by atoms with E-state index in [4.69, 9.17) is 11.3 Å². The molecule has 2 rings (SSSR count). The number of hydrogen-bond acceptors (Lipinski definition) is 1.